The fraction of sp³-hybridized carbons (Fsp3) is 0.562. The Kier molecular flexibility index (Phi) is 4.92. The number of benzene rings is 1. The largest absolute Gasteiger partial charge is 0.356 e. The number of thioether (sulfide) groups is 1. The number of carbonyl (C=O) groups is 1. The van der Waals surface area contributed by atoms with Gasteiger partial charge in [-0.3, -0.25) is 4.79 Å². The number of rotatable bonds is 3. The molecule has 0 saturated carbocycles. The molecule has 3 heteroatoms. The summed E-state index contributed by atoms with van der Waals surface area (Å²) in [5, 5.41) is 3.43. The molecule has 1 atom stereocenters. The van der Waals surface area contributed by atoms with E-state index in [1.165, 1.54) is 22.3 Å². The predicted octanol–water partition coefficient (Wildman–Crippen LogP) is 3.51. The molecule has 1 fully saturated rings. The van der Waals surface area contributed by atoms with Gasteiger partial charge < -0.3 is 5.32 Å². The SMILES string of the molecule is Cc1cc(C)c(CS[C@H]2CCCNC(=O)C2)c(C)c1. The molecule has 1 aromatic rings. The van der Waals surface area contributed by atoms with Gasteiger partial charge in [-0.25, -0.2) is 0 Å². The molecule has 1 saturated heterocycles. The first-order chi connectivity index (χ1) is 9.06. The van der Waals surface area contributed by atoms with Crippen LogP contribution < -0.4 is 5.32 Å². The molecule has 1 aliphatic heterocycles. The number of aryl methyl sites for hydroxylation is 3. The van der Waals surface area contributed by atoms with Crippen molar-refractivity contribution in [2.45, 2.75) is 51.0 Å². The molecule has 1 aromatic carbocycles. The Morgan fingerprint density at radius 1 is 1.26 bits per heavy atom. The van der Waals surface area contributed by atoms with Crippen LogP contribution in [0.5, 0.6) is 0 Å². The lowest BCUT2D eigenvalue weighted by Crippen LogP contribution is -2.22. The van der Waals surface area contributed by atoms with Crippen LogP contribution in [0.25, 0.3) is 0 Å². The minimum Gasteiger partial charge on any atom is -0.356 e. The topological polar surface area (TPSA) is 29.1 Å². The third-order valence-corrected chi connectivity index (χ3v) is 5.07. The van der Waals surface area contributed by atoms with Crippen LogP contribution in [0.2, 0.25) is 0 Å². The predicted molar refractivity (Wildman–Crippen MR) is 82.6 cm³/mol. The third-order valence-electron chi connectivity index (χ3n) is 3.74. The molecule has 19 heavy (non-hydrogen) atoms. The molecular formula is C16H23NOS. The second-order valence-electron chi connectivity index (χ2n) is 5.51. The number of hydrogen-bond donors (Lipinski definition) is 1. The van der Waals surface area contributed by atoms with E-state index in [4.69, 9.17) is 0 Å². The zero-order valence-corrected chi connectivity index (χ0v) is 12.9. The second-order valence-corrected chi connectivity index (χ2v) is 6.80. The third kappa shape index (κ3) is 4.00. The molecule has 1 N–H and O–H groups in total. The van der Waals surface area contributed by atoms with E-state index in [1.54, 1.807) is 0 Å². The molecule has 0 aromatic heterocycles. The van der Waals surface area contributed by atoms with E-state index in [9.17, 15) is 4.79 Å². The van der Waals surface area contributed by atoms with E-state index < -0.39 is 0 Å². The van der Waals surface area contributed by atoms with Gasteiger partial charge in [-0.05, 0) is 50.3 Å². The molecule has 1 aliphatic rings. The molecule has 2 nitrogen and oxygen atoms in total. The Balaban J connectivity index is 2.00. The minimum absolute atomic E-state index is 0.215. The lowest BCUT2D eigenvalue weighted by atomic mass is 10.0. The van der Waals surface area contributed by atoms with Crippen molar-refractivity contribution in [3.05, 3.63) is 34.4 Å². The van der Waals surface area contributed by atoms with Gasteiger partial charge in [0.2, 0.25) is 5.91 Å². The summed E-state index contributed by atoms with van der Waals surface area (Å²) in [5.74, 6) is 1.24. The van der Waals surface area contributed by atoms with E-state index >= 15 is 0 Å². The van der Waals surface area contributed by atoms with Gasteiger partial charge in [0.15, 0.2) is 0 Å². The fourth-order valence-electron chi connectivity index (χ4n) is 2.72. The summed E-state index contributed by atoms with van der Waals surface area (Å²) in [4.78, 5) is 11.6. The van der Waals surface area contributed by atoms with Crippen LogP contribution in [0.1, 0.15) is 41.5 Å². The molecule has 0 radical (unpaired) electrons. The van der Waals surface area contributed by atoms with Gasteiger partial charge in [0.1, 0.15) is 0 Å². The second kappa shape index (κ2) is 6.47. The zero-order valence-electron chi connectivity index (χ0n) is 12.1. The highest BCUT2D eigenvalue weighted by molar-refractivity contribution is 7.99. The van der Waals surface area contributed by atoms with Gasteiger partial charge in [-0.15, -0.1) is 0 Å². The minimum atomic E-state index is 0.215. The average molecular weight is 277 g/mol. The Hall–Kier alpha value is -0.960. The maximum Gasteiger partial charge on any atom is 0.221 e. The summed E-state index contributed by atoms with van der Waals surface area (Å²) in [6.07, 6.45) is 2.93. The van der Waals surface area contributed by atoms with Crippen LogP contribution in [0.15, 0.2) is 12.1 Å². The Morgan fingerprint density at radius 3 is 2.63 bits per heavy atom. The van der Waals surface area contributed by atoms with Crippen LogP contribution >= 0.6 is 11.8 Å². The van der Waals surface area contributed by atoms with Crippen molar-refractivity contribution >= 4 is 17.7 Å². The molecule has 0 aliphatic carbocycles. The lowest BCUT2D eigenvalue weighted by Gasteiger charge is -2.15. The van der Waals surface area contributed by atoms with E-state index in [2.05, 4.69) is 38.2 Å². The highest BCUT2D eigenvalue weighted by atomic mass is 32.2. The van der Waals surface area contributed by atoms with Crippen molar-refractivity contribution in [1.29, 1.82) is 0 Å². The van der Waals surface area contributed by atoms with Gasteiger partial charge in [-0.1, -0.05) is 17.7 Å². The van der Waals surface area contributed by atoms with Crippen LogP contribution in [0.3, 0.4) is 0 Å². The molecule has 0 spiro atoms. The first kappa shape index (κ1) is 14.4. The Labute approximate surface area is 120 Å². The van der Waals surface area contributed by atoms with Gasteiger partial charge in [0.05, 0.1) is 0 Å². The molecule has 2 rings (SSSR count). The average Bonchev–Trinajstić information content (AvgIpc) is 2.52. The summed E-state index contributed by atoms with van der Waals surface area (Å²) in [7, 11) is 0. The monoisotopic (exact) mass is 277 g/mol. The molecule has 1 heterocycles. The summed E-state index contributed by atoms with van der Waals surface area (Å²) in [6, 6.07) is 4.51. The summed E-state index contributed by atoms with van der Waals surface area (Å²) in [5.41, 5.74) is 5.53. The lowest BCUT2D eigenvalue weighted by molar-refractivity contribution is -0.120. The first-order valence-corrected chi connectivity index (χ1v) is 8.06. The maximum atomic E-state index is 11.6. The van der Waals surface area contributed by atoms with Crippen LogP contribution in [-0.2, 0) is 10.5 Å². The van der Waals surface area contributed by atoms with Crippen molar-refractivity contribution in [1.82, 2.24) is 5.32 Å². The van der Waals surface area contributed by atoms with Crippen LogP contribution in [0.4, 0.5) is 0 Å². The zero-order chi connectivity index (χ0) is 13.8. The standard InChI is InChI=1S/C16H23NOS/c1-11-7-12(2)15(13(3)8-11)10-19-14-5-4-6-17-16(18)9-14/h7-8,14H,4-6,9-10H2,1-3H3,(H,17,18)/t14-/m0/s1. The Bertz CT molecular complexity index is 447. The van der Waals surface area contributed by atoms with Crippen molar-refractivity contribution in [2.24, 2.45) is 0 Å². The smallest absolute Gasteiger partial charge is 0.221 e. The highest BCUT2D eigenvalue weighted by Crippen LogP contribution is 2.28. The summed E-state index contributed by atoms with van der Waals surface area (Å²) >= 11 is 1.94. The quantitative estimate of drug-likeness (QED) is 0.916. The Morgan fingerprint density at radius 2 is 1.95 bits per heavy atom. The van der Waals surface area contributed by atoms with Gasteiger partial charge in [0, 0.05) is 24.0 Å². The summed E-state index contributed by atoms with van der Waals surface area (Å²) in [6.45, 7) is 7.37. The van der Waals surface area contributed by atoms with E-state index in [0.29, 0.717) is 11.7 Å². The van der Waals surface area contributed by atoms with Gasteiger partial charge in [-0.2, -0.15) is 11.8 Å². The van der Waals surface area contributed by atoms with Crippen molar-refractivity contribution in [2.75, 3.05) is 6.54 Å². The molecule has 1 amide bonds. The molecule has 104 valence electrons. The number of nitrogens with one attached hydrogen (secondary N) is 1. The first-order valence-electron chi connectivity index (χ1n) is 7.01. The van der Waals surface area contributed by atoms with E-state index in [-0.39, 0.29) is 5.91 Å². The maximum absolute atomic E-state index is 11.6. The van der Waals surface area contributed by atoms with Crippen molar-refractivity contribution in [3.8, 4) is 0 Å². The normalized spacial score (nSPS) is 19.9. The van der Waals surface area contributed by atoms with Crippen molar-refractivity contribution < 1.29 is 4.79 Å². The van der Waals surface area contributed by atoms with Gasteiger partial charge >= 0.3 is 0 Å². The number of carbonyl (C=O) groups excluding carboxylic acids is 1. The fourth-order valence-corrected chi connectivity index (χ4v) is 4.18. The van der Waals surface area contributed by atoms with Crippen LogP contribution in [0, 0.1) is 20.8 Å². The van der Waals surface area contributed by atoms with Crippen molar-refractivity contribution in [3.63, 3.8) is 0 Å². The number of hydrogen-bond acceptors (Lipinski definition) is 2. The van der Waals surface area contributed by atoms with E-state index in [0.717, 1.165) is 25.1 Å². The molecule has 0 bridgehead atoms. The highest BCUT2D eigenvalue weighted by Gasteiger charge is 2.18. The number of amides is 1. The van der Waals surface area contributed by atoms with E-state index in [1.807, 2.05) is 11.8 Å². The molecular weight excluding hydrogens is 254 g/mol. The summed E-state index contributed by atoms with van der Waals surface area (Å²) < 4.78 is 0. The van der Waals surface area contributed by atoms with Crippen LogP contribution in [-0.4, -0.2) is 17.7 Å². The van der Waals surface area contributed by atoms with Gasteiger partial charge in [0.25, 0.3) is 0 Å². The molecule has 0 unspecified atom stereocenters.